The van der Waals surface area contributed by atoms with E-state index in [1.54, 1.807) is 12.4 Å². The van der Waals surface area contributed by atoms with E-state index < -0.39 is 0 Å². The molecule has 1 aromatic heterocycles. The van der Waals surface area contributed by atoms with Crippen molar-refractivity contribution in [2.24, 2.45) is 0 Å². The Morgan fingerprint density at radius 1 is 1.25 bits per heavy atom. The number of aromatic nitrogens is 2. The zero-order valence-electron chi connectivity index (χ0n) is 11.6. The number of carbonyl (C=O) groups is 1. The number of hydrogen-bond acceptors (Lipinski definition) is 3. The van der Waals surface area contributed by atoms with E-state index >= 15 is 0 Å². The highest BCUT2D eigenvalue weighted by atomic mass is 16.1. The molecule has 0 aliphatic heterocycles. The van der Waals surface area contributed by atoms with E-state index in [-0.39, 0.29) is 5.91 Å². The lowest BCUT2D eigenvalue weighted by Crippen LogP contribution is -2.27. The molecule has 1 amide bonds. The first kappa shape index (κ1) is 14.3. The summed E-state index contributed by atoms with van der Waals surface area (Å²) in [6, 6.07) is 7.72. The molecule has 2 aromatic rings. The molecule has 0 saturated carbocycles. The molecule has 1 heterocycles. The minimum Gasteiger partial charge on any atom is -0.352 e. The summed E-state index contributed by atoms with van der Waals surface area (Å²) in [5.41, 5.74) is 1.82. The molecule has 0 fully saturated rings. The van der Waals surface area contributed by atoms with E-state index in [0.717, 1.165) is 29.9 Å². The van der Waals surface area contributed by atoms with Gasteiger partial charge in [-0.25, -0.2) is 4.98 Å². The van der Waals surface area contributed by atoms with Crippen molar-refractivity contribution < 1.29 is 4.79 Å². The smallest absolute Gasteiger partial charge is 0.251 e. The van der Waals surface area contributed by atoms with Crippen molar-refractivity contribution in [2.45, 2.75) is 12.8 Å². The SMILES string of the molecule is CNCCc1ccccc1C(=O)NCCc1ncc[nH]1. The van der Waals surface area contributed by atoms with Gasteiger partial charge in [0.05, 0.1) is 0 Å². The summed E-state index contributed by atoms with van der Waals surface area (Å²) >= 11 is 0. The normalized spacial score (nSPS) is 10.4. The first-order chi connectivity index (χ1) is 9.81. The number of hydrogen-bond donors (Lipinski definition) is 3. The van der Waals surface area contributed by atoms with Crippen LogP contribution in [0.3, 0.4) is 0 Å². The molecule has 106 valence electrons. The number of benzene rings is 1. The van der Waals surface area contributed by atoms with Gasteiger partial charge >= 0.3 is 0 Å². The molecule has 5 nitrogen and oxygen atoms in total. The molecule has 0 saturated heterocycles. The number of likely N-dealkylation sites (N-methyl/N-ethyl adjacent to an activating group) is 1. The Labute approximate surface area is 118 Å². The first-order valence-corrected chi connectivity index (χ1v) is 6.80. The molecule has 1 aromatic carbocycles. The summed E-state index contributed by atoms with van der Waals surface area (Å²) in [4.78, 5) is 19.3. The standard InChI is InChI=1S/C15H20N4O/c1-16-8-6-12-4-2-3-5-13(12)15(20)19-9-7-14-17-10-11-18-14/h2-5,10-11,16H,6-9H2,1H3,(H,17,18)(H,19,20). The van der Waals surface area contributed by atoms with Gasteiger partial charge in [0.25, 0.3) is 5.91 Å². The summed E-state index contributed by atoms with van der Waals surface area (Å²) in [5.74, 6) is 0.858. The van der Waals surface area contributed by atoms with Crippen molar-refractivity contribution in [1.29, 1.82) is 0 Å². The predicted molar refractivity (Wildman–Crippen MR) is 78.7 cm³/mol. The maximum atomic E-state index is 12.2. The molecule has 0 atom stereocenters. The highest BCUT2D eigenvalue weighted by molar-refractivity contribution is 5.95. The highest BCUT2D eigenvalue weighted by Gasteiger charge is 2.09. The lowest BCUT2D eigenvalue weighted by molar-refractivity contribution is 0.0953. The van der Waals surface area contributed by atoms with Gasteiger partial charge < -0.3 is 15.6 Å². The van der Waals surface area contributed by atoms with E-state index in [4.69, 9.17) is 0 Å². The lowest BCUT2D eigenvalue weighted by atomic mass is 10.0. The van der Waals surface area contributed by atoms with Crippen LogP contribution in [0.4, 0.5) is 0 Å². The average molecular weight is 272 g/mol. The quantitative estimate of drug-likeness (QED) is 0.708. The van der Waals surface area contributed by atoms with Crippen LogP contribution >= 0.6 is 0 Å². The van der Waals surface area contributed by atoms with Crippen molar-refractivity contribution in [1.82, 2.24) is 20.6 Å². The predicted octanol–water partition coefficient (Wildman–Crippen LogP) is 1.14. The van der Waals surface area contributed by atoms with Crippen molar-refractivity contribution >= 4 is 5.91 Å². The van der Waals surface area contributed by atoms with Crippen LogP contribution in [0.2, 0.25) is 0 Å². The van der Waals surface area contributed by atoms with Crippen LogP contribution in [0.15, 0.2) is 36.7 Å². The van der Waals surface area contributed by atoms with Gasteiger partial charge in [0.1, 0.15) is 5.82 Å². The van der Waals surface area contributed by atoms with Gasteiger partial charge in [0, 0.05) is 30.9 Å². The number of H-pyrrole nitrogens is 1. The highest BCUT2D eigenvalue weighted by Crippen LogP contribution is 2.09. The molecular formula is C15H20N4O. The van der Waals surface area contributed by atoms with Crippen molar-refractivity contribution in [2.75, 3.05) is 20.1 Å². The van der Waals surface area contributed by atoms with Gasteiger partial charge in [-0.3, -0.25) is 4.79 Å². The van der Waals surface area contributed by atoms with Crippen molar-refractivity contribution in [3.63, 3.8) is 0 Å². The molecule has 0 unspecified atom stereocenters. The van der Waals surface area contributed by atoms with Crippen LogP contribution in [0.1, 0.15) is 21.7 Å². The van der Waals surface area contributed by atoms with Crippen LogP contribution in [-0.4, -0.2) is 36.0 Å². The van der Waals surface area contributed by atoms with E-state index in [1.807, 2.05) is 31.3 Å². The second-order valence-corrected chi connectivity index (χ2v) is 4.55. The monoisotopic (exact) mass is 272 g/mol. The fourth-order valence-corrected chi connectivity index (χ4v) is 2.04. The number of nitrogens with one attached hydrogen (secondary N) is 3. The number of carbonyl (C=O) groups excluding carboxylic acids is 1. The zero-order chi connectivity index (χ0) is 14.2. The van der Waals surface area contributed by atoms with Crippen LogP contribution in [0.25, 0.3) is 0 Å². The maximum Gasteiger partial charge on any atom is 0.251 e. The van der Waals surface area contributed by atoms with Crippen LogP contribution in [0, 0.1) is 0 Å². The number of rotatable bonds is 7. The Kier molecular flexibility index (Phi) is 5.32. The third kappa shape index (κ3) is 3.93. The van der Waals surface area contributed by atoms with Crippen LogP contribution in [0.5, 0.6) is 0 Å². The molecule has 0 radical (unpaired) electrons. The van der Waals surface area contributed by atoms with Gasteiger partial charge in [-0.05, 0) is 31.6 Å². The molecule has 0 spiro atoms. The van der Waals surface area contributed by atoms with Gasteiger partial charge in [-0.2, -0.15) is 0 Å². The maximum absolute atomic E-state index is 12.2. The second kappa shape index (κ2) is 7.45. The molecule has 3 N–H and O–H groups in total. The van der Waals surface area contributed by atoms with Crippen LogP contribution < -0.4 is 10.6 Å². The molecular weight excluding hydrogens is 252 g/mol. The fraction of sp³-hybridized carbons (Fsp3) is 0.333. The molecule has 0 bridgehead atoms. The van der Waals surface area contributed by atoms with Crippen LogP contribution in [-0.2, 0) is 12.8 Å². The first-order valence-electron chi connectivity index (χ1n) is 6.80. The van der Waals surface area contributed by atoms with Crippen molar-refractivity contribution in [3.8, 4) is 0 Å². The number of aromatic amines is 1. The Bertz CT molecular complexity index is 537. The lowest BCUT2D eigenvalue weighted by Gasteiger charge is -2.09. The molecule has 20 heavy (non-hydrogen) atoms. The van der Waals surface area contributed by atoms with E-state index in [9.17, 15) is 4.79 Å². The van der Waals surface area contributed by atoms with Gasteiger partial charge in [0.15, 0.2) is 0 Å². The number of imidazole rings is 1. The summed E-state index contributed by atoms with van der Waals surface area (Å²) in [7, 11) is 1.91. The molecule has 0 aliphatic rings. The minimum absolute atomic E-state index is 0.0248. The Morgan fingerprint density at radius 3 is 2.85 bits per heavy atom. The largest absolute Gasteiger partial charge is 0.352 e. The summed E-state index contributed by atoms with van der Waals surface area (Å²) in [6.07, 6.45) is 5.05. The number of amides is 1. The van der Waals surface area contributed by atoms with E-state index in [0.29, 0.717) is 13.0 Å². The van der Waals surface area contributed by atoms with Gasteiger partial charge in [-0.1, -0.05) is 18.2 Å². The summed E-state index contributed by atoms with van der Waals surface area (Å²) in [6.45, 7) is 1.43. The Morgan fingerprint density at radius 2 is 2.10 bits per heavy atom. The average Bonchev–Trinajstić information content (AvgIpc) is 2.98. The zero-order valence-corrected chi connectivity index (χ0v) is 11.6. The second-order valence-electron chi connectivity index (χ2n) is 4.55. The van der Waals surface area contributed by atoms with Crippen molar-refractivity contribution in [3.05, 3.63) is 53.6 Å². The minimum atomic E-state index is -0.0248. The topological polar surface area (TPSA) is 69.8 Å². The molecule has 2 rings (SSSR count). The summed E-state index contributed by atoms with van der Waals surface area (Å²) in [5, 5.41) is 6.03. The fourth-order valence-electron chi connectivity index (χ4n) is 2.04. The van der Waals surface area contributed by atoms with E-state index in [1.165, 1.54) is 0 Å². The van der Waals surface area contributed by atoms with Gasteiger partial charge in [-0.15, -0.1) is 0 Å². The Balaban J connectivity index is 1.91. The van der Waals surface area contributed by atoms with E-state index in [2.05, 4.69) is 20.6 Å². The van der Waals surface area contributed by atoms with Gasteiger partial charge in [0.2, 0.25) is 0 Å². The third-order valence-corrected chi connectivity index (χ3v) is 3.11. The number of nitrogens with zero attached hydrogens (tertiary/aromatic N) is 1. The summed E-state index contributed by atoms with van der Waals surface area (Å²) < 4.78 is 0. The third-order valence-electron chi connectivity index (χ3n) is 3.11. The molecule has 5 heteroatoms. The molecule has 0 aliphatic carbocycles. The Hall–Kier alpha value is -2.14.